The van der Waals surface area contributed by atoms with Crippen molar-refractivity contribution in [3.05, 3.63) is 59.7 Å². The molecular formula is C19H23NO2. The Bertz CT molecular complexity index is 620. The van der Waals surface area contributed by atoms with Crippen molar-refractivity contribution < 1.29 is 9.53 Å². The van der Waals surface area contributed by atoms with E-state index in [9.17, 15) is 4.79 Å². The van der Waals surface area contributed by atoms with Gasteiger partial charge in [-0.1, -0.05) is 49.7 Å². The van der Waals surface area contributed by atoms with Crippen molar-refractivity contribution in [1.29, 1.82) is 0 Å². The minimum absolute atomic E-state index is 0.0152. The average molecular weight is 297 g/mol. The Kier molecular flexibility index (Phi) is 5.59. The number of ether oxygens (including phenoxy) is 1. The van der Waals surface area contributed by atoms with Gasteiger partial charge in [-0.2, -0.15) is 0 Å². The molecule has 0 aliphatic rings. The molecule has 0 saturated heterocycles. The first-order chi connectivity index (χ1) is 10.6. The number of carbonyl (C=O) groups excluding carboxylic acids is 1. The maximum atomic E-state index is 12.0. The van der Waals surface area contributed by atoms with Crippen LogP contribution in [0.25, 0.3) is 0 Å². The molecule has 3 nitrogen and oxygen atoms in total. The van der Waals surface area contributed by atoms with Gasteiger partial charge >= 0.3 is 0 Å². The third kappa shape index (κ3) is 4.35. The van der Waals surface area contributed by atoms with Crippen molar-refractivity contribution in [3.8, 4) is 5.75 Å². The Morgan fingerprint density at radius 2 is 1.82 bits per heavy atom. The van der Waals surface area contributed by atoms with E-state index in [0.717, 1.165) is 29.0 Å². The summed E-state index contributed by atoms with van der Waals surface area (Å²) in [4.78, 5) is 12.0. The smallest absolute Gasteiger partial charge is 0.262 e. The highest BCUT2D eigenvalue weighted by molar-refractivity contribution is 5.91. The molecule has 2 aromatic carbocycles. The van der Waals surface area contributed by atoms with Crippen LogP contribution in [0.15, 0.2) is 48.5 Å². The van der Waals surface area contributed by atoms with Gasteiger partial charge in [0.05, 0.1) is 0 Å². The zero-order chi connectivity index (χ0) is 15.9. The molecule has 1 N–H and O–H groups in total. The molecule has 22 heavy (non-hydrogen) atoms. The number of nitrogens with one attached hydrogen (secondary N) is 1. The van der Waals surface area contributed by atoms with Crippen LogP contribution in [0.5, 0.6) is 5.75 Å². The Morgan fingerprint density at radius 1 is 1.14 bits per heavy atom. The molecule has 2 rings (SSSR count). The molecule has 0 aromatic heterocycles. The van der Waals surface area contributed by atoms with Crippen molar-refractivity contribution in [1.82, 2.24) is 0 Å². The molecule has 0 aliphatic heterocycles. The fraction of sp³-hybridized carbons (Fsp3) is 0.316. The van der Waals surface area contributed by atoms with Crippen LogP contribution in [0.1, 0.15) is 37.3 Å². The molecule has 0 fully saturated rings. The van der Waals surface area contributed by atoms with E-state index in [1.807, 2.05) is 49.4 Å². The number of carbonyl (C=O) groups is 1. The lowest BCUT2D eigenvalue weighted by molar-refractivity contribution is -0.118. The molecule has 116 valence electrons. The number of benzene rings is 2. The summed E-state index contributed by atoms with van der Waals surface area (Å²) in [6, 6.07) is 15.6. The lowest BCUT2D eigenvalue weighted by Crippen LogP contribution is -2.20. The molecule has 1 unspecified atom stereocenters. The van der Waals surface area contributed by atoms with Gasteiger partial charge in [0.2, 0.25) is 0 Å². The third-order valence-electron chi connectivity index (χ3n) is 3.76. The molecule has 0 spiro atoms. The molecule has 0 saturated carbocycles. The molecule has 1 atom stereocenters. The largest absolute Gasteiger partial charge is 0.483 e. The Hall–Kier alpha value is -2.29. The van der Waals surface area contributed by atoms with Gasteiger partial charge in [-0.05, 0) is 43.0 Å². The van der Waals surface area contributed by atoms with Crippen molar-refractivity contribution >= 4 is 11.6 Å². The highest BCUT2D eigenvalue weighted by atomic mass is 16.5. The maximum absolute atomic E-state index is 12.0. The average Bonchev–Trinajstić information content (AvgIpc) is 2.54. The second-order valence-electron chi connectivity index (χ2n) is 5.55. The molecule has 2 aromatic rings. The van der Waals surface area contributed by atoms with E-state index in [4.69, 9.17) is 4.74 Å². The zero-order valence-electron chi connectivity index (χ0n) is 13.4. The normalized spacial score (nSPS) is 11.8. The summed E-state index contributed by atoms with van der Waals surface area (Å²) < 4.78 is 5.71. The number of hydrogen-bond acceptors (Lipinski definition) is 2. The molecule has 0 bridgehead atoms. The highest BCUT2D eigenvalue weighted by Gasteiger charge is 2.11. The minimum Gasteiger partial charge on any atom is -0.483 e. The van der Waals surface area contributed by atoms with Crippen LogP contribution in [-0.4, -0.2) is 12.5 Å². The van der Waals surface area contributed by atoms with Crippen LogP contribution in [0.2, 0.25) is 0 Å². The second kappa shape index (κ2) is 7.64. The van der Waals surface area contributed by atoms with Crippen LogP contribution >= 0.6 is 0 Å². The number of anilines is 1. The van der Waals surface area contributed by atoms with Crippen LogP contribution in [0, 0.1) is 6.92 Å². The maximum Gasteiger partial charge on any atom is 0.262 e. The Balaban J connectivity index is 1.95. The topological polar surface area (TPSA) is 38.3 Å². The highest BCUT2D eigenvalue weighted by Crippen LogP contribution is 2.28. The van der Waals surface area contributed by atoms with E-state index in [1.54, 1.807) is 0 Å². The van der Waals surface area contributed by atoms with Crippen LogP contribution < -0.4 is 10.1 Å². The number of hydrogen-bond donors (Lipinski definition) is 1. The molecular weight excluding hydrogens is 274 g/mol. The van der Waals surface area contributed by atoms with Crippen molar-refractivity contribution in [2.45, 2.75) is 33.1 Å². The number of rotatable bonds is 6. The van der Waals surface area contributed by atoms with Crippen molar-refractivity contribution in [3.63, 3.8) is 0 Å². The number of amides is 1. The minimum atomic E-state index is -0.150. The van der Waals surface area contributed by atoms with E-state index < -0.39 is 0 Å². The predicted molar refractivity (Wildman–Crippen MR) is 90.5 cm³/mol. The third-order valence-corrected chi connectivity index (χ3v) is 3.76. The SMILES string of the molecule is CCC(C)c1ccccc1OCC(=O)Nc1ccc(C)cc1. The summed E-state index contributed by atoms with van der Waals surface area (Å²) in [5.74, 6) is 1.05. The summed E-state index contributed by atoms with van der Waals surface area (Å²) in [5, 5.41) is 2.84. The van der Waals surface area contributed by atoms with Gasteiger partial charge in [-0.15, -0.1) is 0 Å². The van der Waals surface area contributed by atoms with E-state index >= 15 is 0 Å². The quantitative estimate of drug-likeness (QED) is 0.851. The first-order valence-corrected chi connectivity index (χ1v) is 7.68. The molecule has 0 radical (unpaired) electrons. The summed E-state index contributed by atoms with van der Waals surface area (Å²) in [6.45, 7) is 6.34. The number of para-hydroxylation sites is 1. The standard InChI is InChI=1S/C19H23NO2/c1-4-15(3)17-7-5-6-8-18(17)22-13-19(21)20-16-11-9-14(2)10-12-16/h5-12,15H,4,13H2,1-3H3,(H,20,21). The fourth-order valence-corrected chi connectivity index (χ4v) is 2.22. The van der Waals surface area contributed by atoms with Gasteiger partial charge in [0, 0.05) is 5.69 Å². The molecule has 0 heterocycles. The molecule has 0 aliphatic carbocycles. The van der Waals surface area contributed by atoms with Gasteiger partial charge in [0.25, 0.3) is 5.91 Å². The van der Waals surface area contributed by atoms with E-state index in [0.29, 0.717) is 5.92 Å². The summed E-state index contributed by atoms with van der Waals surface area (Å²) in [5.41, 5.74) is 3.10. The zero-order valence-corrected chi connectivity index (χ0v) is 13.4. The fourth-order valence-electron chi connectivity index (χ4n) is 2.22. The first-order valence-electron chi connectivity index (χ1n) is 7.68. The summed E-state index contributed by atoms with van der Waals surface area (Å²) in [6.07, 6.45) is 1.04. The Labute approximate surface area is 132 Å². The van der Waals surface area contributed by atoms with E-state index in [-0.39, 0.29) is 12.5 Å². The van der Waals surface area contributed by atoms with Crippen molar-refractivity contribution in [2.75, 3.05) is 11.9 Å². The molecule has 3 heteroatoms. The van der Waals surface area contributed by atoms with Gasteiger partial charge in [-0.3, -0.25) is 4.79 Å². The van der Waals surface area contributed by atoms with Gasteiger partial charge in [-0.25, -0.2) is 0 Å². The van der Waals surface area contributed by atoms with Gasteiger partial charge < -0.3 is 10.1 Å². The van der Waals surface area contributed by atoms with Crippen LogP contribution in [-0.2, 0) is 4.79 Å². The van der Waals surface area contributed by atoms with E-state index in [2.05, 4.69) is 25.2 Å². The summed E-state index contributed by atoms with van der Waals surface area (Å²) >= 11 is 0. The van der Waals surface area contributed by atoms with Crippen LogP contribution in [0.4, 0.5) is 5.69 Å². The second-order valence-corrected chi connectivity index (χ2v) is 5.55. The lowest BCUT2D eigenvalue weighted by atomic mass is 9.98. The Morgan fingerprint density at radius 3 is 2.50 bits per heavy atom. The number of aryl methyl sites for hydroxylation is 1. The van der Waals surface area contributed by atoms with Crippen molar-refractivity contribution in [2.24, 2.45) is 0 Å². The van der Waals surface area contributed by atoms with E-state index in [1.165, 1.54) is 0 Å². The molecule has 1 amide bonds. The lowest BCUT2D eigenvalue weighted by Gasteiger charge is -2.15. The van der Waals surface area contributed by atoms with Gasteiger partial charge in [0.1, 0.15) is 5.75 Å². The van der Waals surface area contributed by atoms with Crippen LogP contribution in [0.3, 0.4) is 0 Å². The summed E-state index contributed by atoms with van der Waals surface area (Å²) in [7, 11) is 0. The first kappa shape index (κ1) is 16.1. The predicted octanol–water partition coefficient (Wildman–Crippen LogP) is 4.53. The monoisotopic (exact) mass is 297 g/mol. The van der Waals surface area contributed by atoms with Gasteiger partial charge in [0.15, 0.2) is 6.61 Å².